The first-order valence-electron chi connectivity index (χ1n) is 33.3. The largest absolute Gasteiger partial charge is 0.545 e. The lowest BCUT2D eigenvalue weighted by Crippen LogP contribution is -2.44. The number of carbonyl (C=O) groups excluding carboxylic acids is 3. The van der Waals surface area contributed by atoms with Crippen molar-refractivity contribution < 1.29 is 42.9 Å². The zero-order valence-corrected chi connectivity index (χ0v) is 54.4. The quantitative estimate of drug-likeness (QED) is 0.0195. The number of ether oxygens (including phenoxy) is 4. The molecule has 0 bridgehead atoms. The molecule has 85 heavy (non-hydrogen) atoms. The molecule has 0 saturated carbocycles. The summed E-state index contributed by atoms with van der Waals surface area (Å²) in [6.07, 6.45) is 94.2. The van der Waals surface area contributed by atoms with Crippen molar-refractivity contribution in [3.05, 3.63) is 170 Å². The molecule has 0 heterocycles. The highest BCUT2D eigenvalue weighted by Gasteiger charge is 2.22. The molecular formula is C76H121NO8. The Morgan fingerprint density at radius 1 is 0.365 bits per heavy atom. The minimum Gasteiger partial charge on any atom is -0.545 e. The van der Waals surface area contributed by atoms with E-state index in [-0.39, 0.29) is 38.6 Å². The molecule has 0 spiro atoms. The lowest BCUT2D eigenvalue weighted by molar-refractivity contribution is -0.870. The van der Waals surface area contributed by atoms with E-state index in [9.17, 15) is 19.5 Å². The summed E-state index contributed by atoms with van der Waals surface area (Å²) in [5.74, 6) is -2.36. The SMILES string of the molecule is CC/C=C\C/C=C\C/C=C\C/C=C\C/C=C\C/C=C\C/C=C\C/C=C\C/C=C\C/C=C\C/C=C\CCCCCC(=O)OC(COC(=O)CCCCCCCCCC/C=C\C/C=C\C/C=C\CCCCCCC)COC(OCC[N+](C)(C)C)C(=O)[O-]. The Bertz CT molecular complexity index is 2000. The van der Waals surface area contributed by atoms with Crippen molar-refractivity contribution in [1.29, 1.82) is 0 Å². The van der Waals surface area contributed by atoms with E-state index in [2.05, 4.69) is 184 Å². The van der Waals surface area contributed by atoms with Crippen molar-refractivity contribution in [3.8, 4) is 0 Å². The van der Waals surface area contributed by atoms with Crippen molar-refractivity contribution in [2.45, 2.75) is 245 Å². The highest BCUT2D eigenvalue weighted by Crippen LogP contribution is 2.14. The van der Waals surface area contributed by atoms with Crippen LogP contribution in [0.3, 0.4) is 0 Å². The second-order valence-corrected chi connectivity index (χ2v) is 22.7. The highest BCUT2D eigenvalue weighted by atomic mass is 16.7. The van der Waals surface area contributed by atoms with Gasteiger partial charge in [0.05, 0.1) is 40.3 Å². The first kappa shape index (κ1) is 79.7. The Kier molecular flexibility index (Phi) is 60.6. The normalized spacial score (nSPS) is 13.8. The van der Waals surface area contributed by atoms with Gasteiger partial charge in [-0.05, 0) is 135 Å². The number of carboxylic acid groups (broad SMARTS) is 1. The molecule has 478 valence electrons. The summed E-state index contributed by atoms with van der Waals surface area (Å²) in [5, 5.41) is 11.8. The fourth-order valence-electron chi connectivity index (χ4n) is 8.37. The molecule has 0 saturated heterocycles. The fourth-order valence-corrected chi connectivity index (χ4v) is 8.37. The van der Waals surface area contributed by atoms with Gasteiger partial charge in [-0.15, -0.1) is 0 Å². The van der Waals surface area contributed by atoms with Crippen molar-refractivity contribution in [3.63, 3.8) is 0 Å². The number of quaternary nitrogens is 1. The molecule has 0 aromatic rings. The molecule has 0 radical (unpaired) electrons. The smallest absolute Gasteiger partial charge is 0.306 e. The van der Waals surface area contributed by atoms with Crippen LogP contribution in [0.4, 0.5) is 0 Å². The third kappa shape index (κ3) is 66.0. The maximum absolute atomic E-state index is 12.9. The summed E-state index contributed by atoms with van der Waals surface area (Å²) >= 11 is 0. The molecule has 0 aliphatic rings. The van der Waals surface area contributed by atoms with Crippen molar-refractivity contribution >= 4 is 17.9 Å². The molecule has 9 nitrogen and oxygen atoms in total. The first-order valence-corrected chi connectivity index (χ1v) is 33.3. The fraction of sp³-hybridized carbons (Fsp3) is 0.592. The molecule has 0 aromatic carbocycles. The van der Waals surface area contributed by atoms with E-state index in [1.54, 1.807) is 0 Å². The van der Waals surface area contributed by atoms with E-state index in [0.717, 1.165) is 135 Å². The van der Waals surface area contributed by atoms with E-state index >= 15 is 0 Å². The molecule has 9 heteroatoms. The predicted molar refractivity (Wildman–Crippen MR) is 361 cm³/mol. The van der Waals surface area contributed by atoms with Crippen molar-refractivity contribution in [2.75, 3.05) is 47.5 Å². The van der Waals surface area contributed by atoms with E-state index in [4.69, 9.17) is 18.9 Å². The number of allylic oxidation sites excluding steroid dienone is 28. The van der Waals surface area contributed by atoms with Crippen LogP contribution in [0, 0.1) is 0 Å². The maximum atomic E-state index is 12.9. The lowest BCUT2D eigenvalue weighted by Gasteiger charge is -2.26. The Hall–Kier alpha value is -5.35. The van der Waals surface area contributed by atoms with Crippen LogP contribution in [0.5, 0.6) is 0 Å². The van der Waals surface area contributed by atoms with Gasteiger partial charge >= 0.3 is 11.9 Å². The predicted octanol–water partition coefficient (Wildman–Crippen LogP) is 19.3. The summed E-state index contributed by atoms with van der Waals surface area (Å²) in [4.78, 5) is 37.4. The van der Waals surface area contributed by atoms with Gasteiger partial charge in [0.1, 0.15) is 13.2 Å². The molecular weight excluding hydrogens is 1050 g/mol. The van der Waals surface area contributed by atoms with Crippen LogP contribution in [0.25, 0.3) is 0 Å². The Morgan fingerprint density at radius 3 is 1.01 bits per heavy atom. The number of carboxylic acids is 1. The molecule has 0 fully saturated rings. The van der Waals surface area contributed by atoms with Gasteiger partial charge in [0.25, 0.3) is 0 Å². The summed E-state index contributed by atoms with van der Waals surface area (Å²) < 4.78 is 22.7. The third-order valence-electron chi connectivity index (χ3n) is 13.4. The van der Waals surface area contributed by atoms with Gasteiger partial charge in [-0.1, -0.05) is 255 Å². The van der Waals surface area contributed by atoms with Crippen LogP contribution in [0.15, 0.2) is 170 Å². The molecule has 0 aliphatic carbocycles. The van der Waals surface area contributed by atoms with Crippen molar-refractivity contribution in [2.24, 2.45) is 0 Å². The summed E-state index contributed by atoms with van der Waals surface area (Å²) in [5.41, 5.74) is 0. The second kappa shape index (κ2) is 64.6. The molecule has 0 amide bonds. The zero-order valence-electron chi connectivity index (χ0n) is 54.4. The monoisotopic (exact) mass is 1180 g/mol. The average Bonchev–Trinajstić information content (AvgIpc) is 3.48. The van der Waals surface area contributed by atoms with E-state index in [1.165, 1.54) is 64.2 Å². The maximum Gasteiger partial charge on any atom is 0.306 e. The molecule has 2 unspecified atom stereocenters. The van der Waals surface area contributed by atoms with Gasteiger partial charge in [0.2, 0.25) is 0 Å². The Balaban J connectivity index is 4.32. The molecule has 2 atom stereocenters. The number of unbranched alkanes of at least 4 members (excludes halogenated alkanes) is 16. The number of likely N-dealkylation sites (N-methyl/N-ethyl adjacent to an activating group) is 1. The zero-order chi connectivity index (χ0) is 61.9. The number of hydrogen-bond donors (Lipinski definition) is 0. The van der Waals surface area contributed by atoms with Crippen molar-refractivity contribution in [1.82, 2.24) is 0 Å². The van der Waals surface area contributed by atoms with Gasteiger partial charge in [-0.25, -0.2) is 0 Å². The number of esters is 2. The molecule has 0 N–H and O–H groups in total. The summed E-state index contributed by atoms with van der Waals surface area (Å²) in [7, 11) is 5.90. The van der Waals surface area contributed by atoms with Crippen LogP contribution >= 0.6 is 0 Å². The highest BCUT2D eigenvalue weighted by molar-refractivity contribution is 5.70. The van der Waals surface area contributed by atoms with E-state index < -0.39 is 24.3 Å². The molecule has 0 aromatic heterocycles. The topological polar surface area (TPSA) is 111 Å². The van der Waals surface area contributed by atoms with Crippen LogP contribution in [-0.4, -0.2) is 82.3 Å². The number of carbonyl (C=O) groups is 3. The minimum atomic E-state index is -1.65. The number of nitrogens with zero attached hydrogens (tertiary/aromatic N) is 1. The van der Waals surface area contributed by atoms with Gasteiger partial charge in [0, 0.05) is 12.8 Å². The van der Waals surface area contributed by atoms with Gasteiger partial charge in [-0.3, -0.25) is 9.59 Å². The third-order valence-corrected chi connectivity index (χ3v) is 13.4. The number of hydrogen-bond acceptors (Lipinski definition) is 8. The van der Waals surface area contributed by atoms with Gasteiger partial charge in [-0.2, -0.15) is 0 Å². The van der Waals surface area contributed by atoms with Crippen LogP contribution in [-0.2, 0) is 33.3 Å². The summed E-state index contributed by atoms with van der Waals surface area (Å²) in [6, 6.07) is 0. The van der Waals surface area contributed by atoms with E-state index in [1.807, 2.05) is 21.1 Å². The standard InChI is InChI=1S/C76H121NO8/c1-6-8-10-12-14-16-18-20-22-24-26-28-30-31-32-33-34-35-36-37-38-39-40-41-42-43-45-47-49-51-53-55-57-59-61-63-65-67-74(79)85-72(71-84-76(75(80)81)82-69-68-77(3,4)5)70-83-73(78)66-64-62-60-58-56-54-52-50-48-46-44-29-27-25-23-21-19-17-15-13-11-9-7-2/h8,10,14,16,19-22,25-28,31-32,34-35,37-38,40-41,43-46,49,51,55,57,72,76H,6-7,9,11-13,15,17-18,23-24,29-30,33,36,39,42,47-48,50,52-54,56,58-71H2,1-5H3/b10-8-,16-14-,21-19-,22-20-,27-25-,28-26-,32-31-,35-34-,38-37-,41-40-,45-43-,46-44-,51-49-,57-55-. The average molecular weight is 1180 g/mol. The second-order valence-electron chi connectivity index (χ2n) is 22.7. The molecule has 0 rings (SSSR count). The van der Waals surface area contributed by atoms with Crippen LogP contribution in [0.1, 0.15) is 232 Å². The Morgan fingerprint density at radius 2 is 0.671 bits per heavy atom. The summed E-state index contributed by atoms with van der Waals surface area (Å²) in [6.45, 7) is 4.55. The van der Waals surface area contributed by atoms with Crippen LogP contribution < -0.4 is 5.11 Å². The Labute approximate surface area is 520 Å². The molecule has 0 aliphatic heterocycles. The first-order chi connectivity index (χ1) is 41.6. The minimum absolute atomic E-state index is 0.130. The van der Waals surface area contributed by atoms with E-state index in [0.29, 0.717) is 17.4 Å². The van der Waals surface area contributed by atoms with Gasteiger partial charge in [0.15, 0.2) is 12.4 Å². The number of rotatable bonds is 59. The van der Waals surface area contributed by atoms with Gasteiger partial charge < -0.3 is 33.3 Å². The van der Waals surface area contributed by atoms with Crippen LogP contribution in [0.2, 0.25) is 0 Å². The lowest BCUT2D eigenvalue weighted by atomic mass is 10.1. The number of aliphatic carboxylic acids is 1.